The van der Waals surface area contributed by atoms with Gasteiger partial charge in [-0.2, -0.15) is 0 Å². The number of ketones is 1. The molecule has 164 valence electrons. The van der Waals surface area contributed by atoms with Crippen LogP contribution in [0.2, 0.25) is 0 Å². The smallest absolute Gasteiger partial charge is 0.295 e. The van der Waals surface area contributed by atoms with Crippen molar-refractivity contribution < 1.29 is 28.6 Å². The molecule has 1 unspecified atom stereocenters. The summed E-state index contributed by atoms with van der Waals surface area (Å²) in [5, 5.41) is 11.0. The second-order valence-corrected chi connectivity index (χ2v) is 7.42. The van der Waals surface area contributed by atoms with E-state index >= 15 is 0 Å². The van der Waals surface area contributed by atoms with Crippen LogP contribution in [0.1, 0.15) is 17.2 Å². The Kier molecular flexibility index (Phi) is 6.60. The molecule has 1 N–H and O–H groups in total. The van der Waals surface area contributed by atoms with Crippen molar-refractivity contribution in [3.63, 3.8) is 0 Å². The molecule has 1 atom stereocenters. The number of carbonyl (C=O) groups is 2. The number of Topliss-reactive ketones (excluding diaryl/α,β-unsaturated/α-hetero) is 1. The number of benzene rings is 2. The Hall–Kier alpha value is -3.39. The maximum absolute atomic E-state index is 14.2. The van der Waals surface area contributed by atoms with E-state index in [1.165, 1.54) is 31.3 Å². The van der Waals surface area contributed by atoms with Gasteiger partial charge in [0.2, 0.25) is 0 Å². The van der Waals surface area contributed by atoms with Gasteiger partial charge in [-0.15, -0.1) is 0 Å². The summed E-state index contributed by atoms with van der Waals surface area (Å²) in [4.78, 5) is 29.1. The predicted octanol–water partition coefficient (Wildman–Crippen LogP) is 2.83. The van der Waals surface area contributed by atoms with Crippen LogP contribution in [0.25, 0.3) is 5.76 Å². The number of likely N-dealkylation sites (N-methyl/N-ethyl adjacent to an activating group) is 1. The number of likely N-dealkylation sites (tertiary alicyclic amines) is 1. The topological polar surface area (TPSA) is 79.3 Å². The Labute approximate surface area is 180 Å². The number of hydrogen-bond donors (Lipinski definition) is 1. The highest BCUT2D eigenvalue weighted by Crippen LogP contribution is 2.40. The maximum Gasteiger partial charge on any atom is 0.295 e. The van der Waals surface area contributed by atoms with Crippen LogP contribution in [0.5, 0.6) is 11.5 Å². The van der Waals surface area contributed by atoms with Crippen molar-refractivity contribution in [1.29, 1.82) is 0 Å². The van der Waals surface area contributed by atoms with Crippen LogP contribution in [-0.2, 0) is 9.59 Å². The molecule has 3 rings (SSSR count). The third kappa shape index (κ3) is 4.39. The summed E-state index contributed by atoms with van der Waals surface area (Å²) in [6.07, 6.45) is 0. The van der Waals surface area contributed by atoms with Crippen LogP contribution in [0.4, 0.5) is 4.39 Å². The van der Waals surface area contributed by atoms with Gasteiger partial charge in [0.15, 0.2) is 11.6 Å². The van der Waals surface area contributed by atoms with Gasteiger partial charge in [-0.05, 0) is 50.0 Å². The molecule has 0 bridgehead atoms. The normalized spacial score (nSPS) is 18.0. The molecule has 0 spiro atoms. The predicted molar refractivity (Wildman–Crippen MR) is 114 cm³/mol. The highest BCUT2D eigenvalue weighted by atomic mass is 19.1. The van der Waals surface area contributed by atoms with E-state index in [1.54, 1.807) is 24.3 Å². The summed E-state index contributed by atoms with van der Waals surface area (Å²) < 4.78 is 24.4. The van der Waals surface area contributed by atoms with Crippen molar-refractivity contribution in [1.82, 2.24) is 9.80 Å². The van der Waals surface area contributed by atoms with E-state index in [0.29, 0.717) is 17.9 Å². The van der Waals surface area contributed by atoms with Gasteiger partial charge < -0.3 is 24.4 Å². The number of methoxy groups -OCH3 is 2. The molecule has 1 amide bonds. The zero-order valence-electron chi connectivity index (χ0n) is 17.9. The van der Waals surface area contributed by atoms with Crippen molar-refractivity contribution in [3.8, 4) is 11.5 Å². The van der Waals surface area contributed by atoms with E-state index < -0.39 is 29.3 Å². The third-order valence-corrected chi connectivity index (χ3v) is 5.16. The number of aliphatic hydroxyl groups excluding tert-OH is 1. The minimum atomic E-state index is -0.833. The molecule has 0 aromatic heterocycles. The summed E-state index contributed by atoms with van der Waals surface area (Å²) in [6.45, 7) is 0.790. The molecule has 0 saturated carbocycles. The zero-order valence-corrected chi connectivity index (χ0v) is 17.9. The van der Waals surface area contributed by atoms with E-state index in [-0.39, 0.29) is 23.4 Å². The highest BCUT2D eigenvalue weighted by molar-refractivity contribution is 6.46. The standard InChI is InChI=1S/C23H25FN2O5/c1-25(2)10-11-26-20(14-6-5-7-16(12-14)30-3)19(22(28)23(26)29)21(27)15-8-9-18(31-4)17(24)13-15/h5-9,12-13,20,27H,10-11H2,1-4H3/b21-19+. The van der Waals surface area contributed by atoms with Gasteiger partial charge in [0, 0.05) is 18.7 Å². The molecule has 2 aromatic carbocycles. The largest absolute Gasteiger partial charge is 0.507 e. The second-order valence-electron chi connectivity index (χ2n) is 7.42. The van der Waals surface area contributed by atoms with Gasteiger partial charge in [-0.1, -0.05) is 12.1 Å². The maximum atomic E-state index is 14.2. The number of nitrogens with zero attached hydrogens (tertiary/aromatic N) is 2. The zero-order chi connectivity index (χ0) is 22.7. The first-order valence-corrected chi connectivity index (χ1v) is 9.69. The molecule has 31 heavy (non-hydrogen) atoms. The Bertz CT molecular complexity index is 1030. The van der Waals surface area contributed by atoms with Crippen molar-refractivity contribution in [2.24, 2.45) is 0 Å². The fraction of sp³-hybridized carbons (Fsp3) is 0.304. The van der Waals surface area contributed by atoms with Gasteiger partial charge in [0.1, 0.15) is 11.5 Å². The van der Waals surface area contributed by atoms with Crippen molar-refractivity contribution in [3.05, 3.63) is 65.0 Å². The first-order chi connectivity index (χ1) is 14.8. The minimum Gasteiger partial charge on any atom is -0.507 e. The van der Waals surface area contributed by atoms with Gasteiger partial charge in [-0.3, -0.25) is 9.59 Å². The second kappa shape index (κ2) is 9.18. The quantitative estimate of drug-likeness (QED) is 0.415. The average Bonchev–Trinajstić information content (AvgIpc) is 3.01. The van der Waals surface area contributed by atoms with Crippen molar-refractivity contribution in [2.45, 2.75) is 6.04 Å². The lowest BCUT2D eigenvalue weighted by molar-refractivity contribution is -0.140. The molecule has 1 heterocycles. The first-order valence-electron chi connectivity index (χ1n) is 9.69. The molecule has 1 fully saturated rings. The number of hydrogen-bond acceptors (Lipinski definition) is 6. The lowest BCUT2D eigenvalue weighted by atomic mass is 9.95. The fourth-order valence-corrected chi connectivity index (χ4v) is 3.55. The third-order valence-electron chi connectivity index (χ3n) is 5.16. The number of aliphatic hydroxyl groups is 1. The SMILES string of the molecule is COc1cccc(C2/C(=C(\O)c3ccc(OC)c(F)c3)C(=O)C(=O)N2CCN(C)C)c1. The molecular weight excluding hydrogens is 403 g/mol. The lowest BCUT2D eigenvalue weighted by Gasteiger charge is -2.26. The van der Waals surface area contributed by atoms with Gasteiger partial charge in [0.25, 0.3) is 11.7 Å². The van der Waals surface area contributed by atoms with Crippen molar-refractivity contribution in [2.75, 3.05) is 41.4 Å². The van der Waals surface area contributed by atoms with Crippen LogP contribution in [-0.4, -0.2) is 68.0 Å². The van der Waals surface area contributed by atoms with Gasteiger partial charge >= 0.3 is 0 Å². The highest BCUT2D eigenvalue weighted by Gasteiger charge is 2.46. The molecule has 0 radical (unpaired) electrons. The van der Waals surface area contributed by atoms with E-state index in [2.05, 4.69) is 0 Å². The number of carbonyl (C=O) groups excluding carboxylic acids is 2. The van der Waals surface area contributed by atoms with E-state index in [0.717, 1.165) is 6.07 Å². The fourth-order valence-electron chi connectivity index (χ4n) is 3.55. The minimum absolute atomic E-state index is 0.00679. The summed E-state index contributed by atoms with van der Waals surface area (Å²) in [5.74, 6) is -2.12. The molecule has 1 saturated heterocycles. The van der Waals surface area contributed by atoms with Gasteiger partial charge in [-0.25, -0.2) is 4.39 Å². The van der Waals surface area contributed by atoms with E-state index in [4.69, 9.17) is 9.47 Å². The number of halogens is 1. The Balaban J connectivity index is 2.17. The molecule has 8 heteroatoms. The lowest BCUT2D eigenvalue weighted by Crippen LogP contribution is -2.35. The van der Waals surface area contributed by atoms with Crippen LogP contribution < -0.4 is 9.47 Å². The molecule has 2 aromatic rings. The Morgan fingerprint density at radius 3 is 2.48 bits per heavy atom. The molecular formula is C23H25FN2O5. The molecule has 1 aliphatic heterocycles. The number of amides is 1. The summed E-state index contributed by atoms with van der Waals surface area (Å²) >= 11 is 0. The average molecular weight is 428 g/mol. The van der Waals surface area contributed by atoms with Crippen molar-refractivity contribution >= 4 is 17.4 Å². The summed E-state index contributed by atoms with van der Waals surface area (Å²) in [5.41, 5.74) is 0.589. The first kappa shape index (κ1) is 22.3. The van der Waals surface area contributed by atoms with Crippen LogP contribution in [0, 0.1) is 5.82 Å². The van der Waals surface area contributed by atoms with E-state index in [1.807, 2.05) is 19.0 Å². The summed E-state index contributed by atoms with van der Waals surface area (Å²) in [7, 11) is 6.56. The van der Waals surface area contributed by atoms with Crippen LogP contribution >= 0.6 is 0 Å². The van der Waals surface area contributed by atoms with Crippen LogP contribution in [0.15, 0.2) is 48.0 Å². The number of rotatable bonds is 7. The summed E-state index contributed by atoms with van der Waals surface area (Å²) in [6, 6.07) is 9.98. The molecule has 7 nitrogen and oxygen atoms in total. The van der Waals surface area contributed by atoms with Crippen LogP contribution in [0.3, 0.4) is 0 Å². The Morgan fingerprint density at radius 2 is 1.87 bits per heavy atom. The Morgan fingerprint density at radius 1 is 1.13 bits per heavy atom. The molecule has 0 aliphatic carbocycles. The monoisotopic (exact) mass is 428 g/mol. The van der Waals surface area contributed by atoms with E-state index in [9.17, 15) is 19.1 Å². The molecule has 1 aliphatic rings. The number of ether oxygens (including phenoxy) is 2. The van der Waals surface area contributed by atoms with Gasteiger partial charge in [0.05, 0.1) is 25.8 Å².